The molecule has 0 saturated heterocycles. The lowest BCUT2D eigenvalue weighted by molar-refractivity contribution is 0.103. The van der Waals surface area contributed by atoms with E-state index in [1.165, 1.54) is 4.88 Å². The van der Waals surface area contributed by atoms with Crippen LogP contribution in [-0.2, 0) is 24.1 Å². The number of methoxy groups -OCH3 is 1. The summed E-state index contributed by atoms with van der Waals surface area (Å²) in [5.74, 6) is 1.68. The van der Waals surface area contributed by atoms with Crippen molar-refractivity contribution in [2.24, 2.45) is 0 Å². The van der Waals surface area contributed by atoms with Crippen LogP contribution in [0.5, 0.6) is 5.75 Å². The van der Waals surface area contributed by atoms with Gasteiger partial charge in [-0.1, -0.05) is 23.7 Å². The van der Waals surface area contributed by atoms with Gasteiger partial charge in [-0.25, -0.2) is 0 Å². The predicted molar refractivity (Wildman–Crippen MR) is 129 cm³/mol. The standard InChI is InChI=1S/C25H24ClN3O3S/c1-3-20(30-2)22-11-19-25(33-22)15(4-7-28-19)16-10-14(26)8-13-9-21(31-23(13)16)24-17-12-27-6-5-18(17)29-32-24/h4,7-8,10-11,20-21,27H,3,5-6,9,12H2,1-2H3/t20?,21-/m1/s1. The Morgan fingerprint density at radius 1 is 1.30 bits per heavy atom. The quantitative estimate of drug-likeness (QED) is 0.375. The summed E-state index contributed by atoms with van der Waals surface area (Å²) in [4.78, 5) is 5.78. The average molecular weight is 482 g/mol. The highest BCUT2D eigenvalue weighted by atomic mass is 35.5. The van der Waals surface area contributed by atoms with Crippen molar-refractivity contribution < 1.29 is 14.0 Å². The zero-order chi connectivity index (χ0) is 22.5. The van der Waals surface area contributed by atoms with Crippen LogP contribution in [0.25, 0.3) is 21.3 Å². The van der Waals surface area contributed by atoms with Gasteiger partial charge in [-0.3, -0.25) is 4.98 Å². The van der Waals surface area contributed by atoms with Crippen molar-refractivity contribution in [1.82, 2.24) is 15.5 Å². The number of hydrogen-bond donors (Lipinski definition) is 1. The Morgan fingerprint density at radius 2 is 2.21 bits per heavy atom. The number of nitrogens with zero attached hydrogens (tertiary/aromatic N) is 2. The molecular formula is C25H24ClN3O3S. The molecule has 2 aliphatic heterocycles. The number of benzene rings is 1. The van der Waals surface area contributed by atoms with E-state index in [2.05, 4.69) is 28.4 Å². The fourth-order valence-electron chi connectivity index (χ4n) is 4.90. The van der Waals surface area contributed by atoms with Crippen molar-refractivity contribution in [2.45, 2.75) is 44.9 Å². The van der Waals surface area contributed by atoms with E-state index in [4.69, 9.17) is 25.6 Å². The Balaban J connectivity index is 1.43. The van der Waals surface area contributed by atoms with E-state index >= 15 is 0 Å². The monoisotopic (exact) mass is 481 g/mol. The van der Waals surface area contributed by atoms with E-state index in [1.807, 2.05) is 24.4 Å². The summed E-state index contributed by atoms with van der Waals surface area (Å²) in [6.07, 6.45) is 4.20. The molecule has 0 amide bonds. The van der Waals surface area contributed by atoms with Crippen LogP contribution in [0, 0.1) is 0 Å². The van der Waals surface area contributed by atoms with Crippen LogP contribution in [0.15, 0.2) is 35.0 Å². The zero-order valence-corrected chi connectivity index (χ0v) is 20.1. The lowest BCUT2D eigenvalue weighted by atomic mass is 9.99. The van der Waals surface area contributed by atoms with Gasteiger partial charge in [-0.15, -0.1) is 11.3 Å². The minimum atomic E-state index is -0.206. The van der Waals surface area contributed by atoms with Gasteiger partial charge >= 0.3 is 0 Å². The fraction of sp³-hybridized carbons (Fsp3) is 0.360. The number of pyridine rings is 1. The molecule has 0 fully saturated rings. The fourth-order valence-corrected chi connectivity index (χ4v) is 6.44. The Kier molecular flexibility index (Phi) is 5.37. The molecule has 2 atom stereocenters. The number of aromatic nitrogens is 2. The molecule has 170 valence electrons. The SMILES string of the molecule is CCC(OC)c1cc2nccc(-c3cc(Cl)cc4c3O[C@@H](c3onc5c3CNCC5)C4)c2s1. The lowest BCUT2D eigenvalue weighted by Gasteiger charge is -2.15. The van der Waals surface area contributed by atoms with Crippen LogP contribution < -0.4 is 10.1 Å². The number of nitrogens with one attached hydrogen (secondary N) is 1. The van der Waals surface area contributed by atoms with Crippen LogP contribution in [0.1, 0.15) is 53.0 Å². The second-order valence-corrected chi connectivity index (χ2v) is 10.0. The smallest absolute Gasteiger partial charge is 0.182 e. The molecule has 0 saturated carbocycles. The van der Waals surface area contributed by atoms with Crippen molar-refractivity contribution >= 4 is 33.2 Å². The molecule has 1 N–H and O–H groups in total. The van der Waals surface area contributed by atoms with Gasteiger partial charge in [0.15, 0.2) is 11.9 Å². The van der Waals surface area contributed by atoms with Gasteiger partial charge in [0.1, 0.15) is 5.75 Å². The first-order valence-corrected chi connectivity index (χ1v) is 12.4. The number of rotatable bonds is 5. The second-order valence-electron chi connectivity index (χ2n) is 8.51. The van der Waals surface area contributed by atoms with Gasteiger partial charge in [-0.05, 0) is 30.7 Å². The first-order valence-electron chi connectivity index (χ1n) is 11.2. The molecule has 6 rings (SSSR count). The first kappa shape index (κ1) is 21.1. The van der Waals surface area contributed by atoms with Gasteiger partial charge < -0.3 is 19.3 Å². The molecular weight excluding hydrogens is 458 g/mol. The lowest BCUT2D eigenvalue weighted by Crippen LogP contribution is -2.24. The van der Waals surface area contributed by atoms with Crippen molar-refractivity contribution in [2.75, 3.05) is 13.7 Å². The van der Waals surface area contributed by atoms with E-state index in [-0.39, 0.29) is 12.2 Å². The topological polar surface area (TPSA) is 69.4 Å². The van der Waals surface area contributed by atoms with Gasteiger partial charge in [-0.2, -0.15) is 0 Å². The molecule has 1 aromatic carbocycles. The highest BCUT2D eigenvalue weighted by Gasteiger charge is 2.34. The normalized spacial score (nSPS) is 18.2. The molecule has 8 heteroatoms. The molecule has 4 aromatic rings. The molecule has 0 aliphatic carbocycles. The number of hydrogen-bond acceptors (Lipinski definition) is 7. The van der Waals surface area contributed by atoms with Crippen molar-refractivity contribution in [3.63, 3.8) is 0 Å². The van der Waals surface area contributed by atoms with Crippen LogP contribution in [0.3, 0.4) is 0 Å². The third kappa shape index (κ3) is 3.54. The van der Waals surface area contributed by atoms with E-state index in [0.717, 1.165) is 75.6 Å². The third-order valence-corrected chi connectivity index (χ3v) is 7.99. The Morgan fingerprint density at radius 3 is 3.06 bits per heavy atom. The Bertz CT molecular complexity index is 1340. The first-order chi connectivity index (χ1) is 16.2. The van der Waals surface area contributed by atoms with E-state index in [9.17, 15) is 0 Å². The average Bonchev–Trinajstić information content (AvgIpc) is 3.55. The van der Waals surface area contributed by atoms with Crippen LogP contribution in [-0.4, -0.2) is 23.8 Å². The van der Waals surface area contributed by atoms with Gasteiger partial charge in [0.25, 0.3) is 0 Å². The molecule has 3 aromatic heterocycles. The maximum Gasteiger partial charge on any atom is 0.182 e. The minimum Gasteiger partial charge on any atom is -0.481 e. The molecule has 5 heterocycles. The third-order valence-electron chi connectivity index (χ3n) is 6.52. The van der Waals surface area contributed by atoms with Crippen LogP contribution in [0.2, 0.25) is 5.02 Å². The summed E-state index contributed by atoms with van der Waals surface area (Å²) in [5, 5.41) is 8.40. The van der Waals surface area contributed by atoms with Crippen LogP contribution >= 0.6 is 22.9 Å². The summed E-state index contributed by atoms with van der Waals surface area (Å²) in [6, 6.07) is 8.16. The second kappa shape index (κ2) is 8.40. The van der Waals surface area contributed by atoms with Gasteiger partial charge in [0, 0.05) is 71.4 Å². The maximum atomic E-state index is 6.58. The Labute approximate surface area is 200 Å². The number of halogens is 1. The molecule has 33 heavy (non-hydrogen) atoms. The summed E-state index contributed by atoms with van der Waals surface area (Å²) in [6.45, 7) is 3.81. The van der Waals surface area contributed by atoms with Crippen molar-refractivity contribution in [1.29, 1.82) is 0 Å². The molecule has 2 aliphatic rings. The molecule has 0 bridgehead atoms. The van der Waals surface area contributed by atoms with Crippen LogP contribution in [0.4, 0.5) is 0 Å². The van der Waals surface area contributed by atoms with Crippen molar-refractivity contribution in [3.05, 3.63) is 62.9 Å². The zero-order valence-electron chi connectivity index (χ0n) is 18.5. The number of ether oxygens (including phenoxy) is 2. The van der Waals surface area contributed by atoms with E-state index in [1.54, 1.807) is 18.4 Å². The highest BCUT2D eigenvalue weighted by molar-refractivity contribution is 7.19. The summed E-state index contributed by atoms with van der Waals surface area (Å²) in [5.41, 5.74) is 6.27. The summed E-state index contributed by atoms with van der Waals surface area (Å²) >= 11 is 8.31. The number of fused-ring (bicyclic) bond motifs is 3. The summed E-state index contributed by atoms with van der Waals surface area (Å²) in [7, 11) is 1.75. The maximum absolute atomic E-state index is 6.58. The molecule has 0 spiro atoms. The summed E-state index contributed by atoms with van der Waals surface area (Å²) < 4.78 is 19.1. The Hall–Kier alpha value is -2.45. The molecule has 0 radical (unpaired) electrons. The van der Waals surface area contributed by atoms with E-state index < -0.39 is 0 Å². The number of thiophene rings is 1. The molecule has 6 nitrogen and oxygen atoms in total. The minimum absolute atomic E-state index is 0.0639. The van der Waals surface area contributed by atoms with Gasteiger partial charge in [0.2, 0.25) is 0 Å². The highest BCUT2D eigenvalue weighted by Crippen LogP contribution is 2.48. The van der Waals surface area contributed by atoms with Gasteiger partial charge in [0.05, 0.1) is 22.0 Å². The van der Waals surface area contributed by atoms with E-state index in [0.29, 0.717) is 11.4 Å². The predicted octanol–water partition coefficient (Wildman–Crippen LogP) is 6.02. The molecule has 1 unspecified atom stereocenters. The largest absolute Gasteiger partial charge is 0.481 e. The van der Waals surface area contributed by atoms with Crippen molar-refractivity contribution in [3.8, 4) is 16.9 Å².